The first-order valence-corrected chi connectivity index (χ1v) is 9.44. The van der Waals surface area contributed by atoms with Gasteiger partial charge in [-0.3, -0.25) is 10.1 Å². The Bertz CT molecular complexity index is 1310. The molecule has 0 aliphatic rings. The summed E-state index contributed by atoms with van der Waals surface area (Å²) >= 11 is 0. The minimum atomic E-state index is -1.18. The summed E-state index contributed by atoms with van der Waals surface area (Å²) in [6, 6.07) is 12.5. The predicted molar refractivity (Wildman–Crippen MR) is 115 cm³/mol. The van der Waals surface area contributed by atoms with E-state index in [2.05, 4.69) is 25.8 Å². The molecule has 0 spiro atoms. The number of aromatic carboxylic acids is 1. The van der Waals surface area contributed by atoms with Crippen LogP contribution in [0.1, 0.15) is 28.6 Å². The van der Waals surface area contributed by atoms with E-state index in [1.807, 2.05) is 44.2 Å². The lowest BCUT2D eigenvalue weighted by Crippen LogP contribution is -2.08. The molecule has 156 valence electrons. The molecule has 0 unspecified atom stereocenters. The molecule has 9 heteroatoms. The smallest absolute Gasteiger partial charge is 0.371 e. The first-order valence-electron chi connectivity index (χ1n) is 9.44. The maximum Gasteiger partial charge on any atom is 0.371 e. The Kier molecular flexibility index (Phi) is 5.08. The molecule has 0 saturated carbocycles. The summed E-state index contributed by atoms with van der Waals surface area (Å²) in [7, 11) is 0. The molecule has 9 nitrogen and oxygen atoms in total. The minimum Gasteiger partial charge on any atom is -0.475 e. The van der Waals surface area contributed by atoms with Gasteiger partial charge in [0.15, 0.2) is 0 Å². The molecule has 2 aromatic heterocycles. The number of hydrogen-bond acceptors (Lipinski definition) is 7. The number of fused-ring (bicyclic) bond motifs is 1. The van der Waals surface area contributed by atoms with Crippen molar-refractivity contribution in [2.75, 3.05) is 10.6 Å². The van der Waals surface area contributed by atoms with Crippen LogP contribution in [0.3, 0.4) is 0 Å². The lowest BCUT2D eigenvalue weighted by Gasteiger charge is -2.14. The number of anilines is 3. The van der Waals surface area contributed by atoms with Crippen LogP contribution in [0.2, 0.25) is 0 Å². The highest BCUT2D eigenvalue weighted by molar-refractivity contribution is 6.01. The van der Waals surface area contributed by atoms with Crippen molar-refractivity contribution < 1.29 is 19.1 Å². The number of carboxylic acids is 1. The van der Waals surface area contributed by atoms with Gasteiger partial charge in [0, 0.05) is 13.0 Å². The first-order chi connectivity index (χ1) is 14.8. The zero-order valence-electron chi connectivity index (χ0n) is 17.1. The minimum absolute atomic E-state index is 0.102. The van der Waals surface area contributed by atoms with Gasteiger partial charge in [0.25, 0.3) is 0 Å². The molecule has 0 aliphatic carbocycles. The first kappa shape index (κ1) is 20.0. The van der Waals surface area contributed by atoms with Crippen molar-refractivity contribution in [3.05, 3.63) is 59.4 Å². The summed E-state index contributed by atoms with van der Waals surface area (Å²) in [5, 5.41) is 22.9. The molecule has 0 saturated heterocycles. The number of aryl methyl sites for hydroxylation is 2. The van der Waals surface area contributed by atoms with Crippen LogP contribution < -0.4 is 10.6 Å². The highest BCUT2D eigenvalue weighted by Crippen LogP contribution is 2.33. The summed E-state index contributed by atoms with van der Waals surface area (Å²) in [5.41, 5.74) is 5.57. The third-order valence-corrected chi connectivity index (χ3v) is 4.69. The number of furan rings is 1. The van der Waals surface area contributed by atoms with Crippen molar-refractivity contribution in [2.24, 2.45) is 0 Å². The molecule has 2 aromatic carbocycles. The molecule has 0 aliphatic heterocycles. The fourth-order valence-electron chi connectivity index (χ4n) is 3.42. The fourth-order valence-corrected chi connectivity index (χ4v) is 3.42. The van der Waals surface area contributed by atoms with Crippen LogP contribution in [-0.4, -0.2) is 32.2 Å². The summed E-state index contributed by atoms with van der Waals surface area (Å²) < 4.78 is 5.17. The van der Waals surface area contributed by atoms with Gasteiger partial charge in [-0.15, -0.1) is 10.2 Å². The molecule has 31 heavy (non-hydrogen) atoms. The maximum absolute atomic E-state index is 11.8. The van der Waals surface area contributed by atoms with E-state index < -0.39 is 5.97 Å². The van der Waals surface area contributed by atoms with E-state index in [0.717, 1.165) is 22.3 Å². The monoisotopic (exact) mass is 417 g/mol. The summed E-state index contributed by atoms with van der Waals surface area (Å²) in [4.78, 5) is 27.3. The van der Waals surface area contributed by atoms with Crippen LogP contribution in [0, 0.1) is 13.8 Å². The van der Waals surface area contributed by atoms with Crippen LogP contribution >= 0.6 is 0 Å². The lowest BCUT2D eigenvalue weighted by atomic mass is 9.95. The number of aromatic nitrogens is 3. The van der Waals surface area contributed by atoms with Crippen LogP contribution in [0.4, 0.5) is 17.5 Å². The predicted octanol–water partition coefficient (Wildman–Crippen LogP) is 4.30. The fraction of sp³-hybridized carbons (Fsp3) is 0.136. The number of rotatable bonds is 5. The van der Waals surface area contributed by atoms with Crippen molar-refractivity contribution >= 4 is 40.4 Å². The average molecular weight is 417 g/mol. The summed E-state index contributed by atoms with van der Waals surface area (Å²) in [6.07, 6.45) is 0. The molecule has 2 heterocycles. The Hall–Kier alpha value is -4.27. The Morgan fingerprint density at radius 3 is 2.42 bits per heavy atom. The second kappa shape index (κ2) is 7.86. The van der Waals surface area contributed by atoms with Gasteiger partial charge < -0.3 is 14.8 Å². The van der Waals surface area contributed by atoms with Crippen molar-refractivity contribution in [2.45, 2.75) is 20.8 Å². The van der Waals surface area contributed by atoms with Crippen LogP contribution in [0.5, 0.6) is 0 Å². The third kappa shape index (κ3) is 4.06. The van der Waals surface area contributed by atoms with E-state index in [4.69, 9.17) is 9.52 Å². The van der Waals surface area contributed by atoms with E-state index in [-0.39, 0.29) is 23.5 Å². The van der Waals surface area contributed by atoms with Crippen molar-refractivity contribution in [3.8, 4) is 11.1 Å². The summed E-state index contributed by atoms with van der Waals surface area (Å²) in [5.74, 6) is -1.38. The lowest BCUT2D eigenvalue weighted by molar-refractivity contribution is -0.114. The highest BCUT2D eigenvalue weighted by Gasteiger charge is 2.15. The number of nitrogens with one attached hydrogen (secondary N) is 2. The van der Waals surface area contributed by atoms with E-state index in [9.17, 15) is 9.59 Å². The Morgan fingerprint density at radius 1 is 1.03 bits per heavy atom. The average Bonchev–Trinajstić information content (AvgIpc) is 3.17. The highest BCUT2D eigenvalue weighted by atomic mass is 16.4. The van der Waals surface area contributed by atoms with Gasteiger partial charge in [0.05, 0.1) is 5.69 Å². The number of carbonyl (C=O) groups excluding carboxylic acids is 1. The molecule has 4 rings (SSSR count). The molecule has 0 bridgehead atoms. The van der Waals surface area contributed by atoms with Gasteiger partial charge in [0.1, 0.15) is 11.0 Å². The molecule has 3 N–H and O–H groups in total. The van der Waals surface area contributed by atoms with E-state index in [1.54, 1.807) is 0 Å². The molecule has 4 aromatic rings. The van der Waals surface area contributed by atoms with Gasteiger partial charge in [0.2, 0.25) is 23.5 Å². The zero-order chi connectivity index (χ0) is 22.1. The van der Waals surface area contributed by atoms with Crippen molar-refractivity contribution in [3.63, 3.8) is 0 Å². The Labute approximate surface area is 177 Å². The summed E-state index contributed by atoms with van der Waals surface area (Å²) in [6.45, 7) is 5.47. The van der Waals surface area contributed by atoms with Crippen LogP contribution in [0.15, 0.2) is 46.9 Å². The number of benzene rings is 2. The molecule has 1 amide bonds. The molecular formula is C22H19N5O4. The van der Waals surface area contributed by atoms with Crippen LogP contribution in [-0.2, 0) is 4.79 Å². The Balaban J connectivity index is 1.80. The SMILES string of the molecule is CC(=O)Nc1cc(-c2c(C)cccc2C)cc2nnc(Nc3ccc(C(=O)O)o3)nc12. The van der Waals surface area contributed by atoms with E-state index in [1.165, 1.54) is 19.1 Å². The van der Waals surface area contributed by atoms with Gasteiger partial charge in [-0.1, -0.05) is 18.2 Å². The maximum atomic E-state index is 11.8. The molecule has 0 atom stereocenters. The van der Waals surface area contributed by atoms with Crippen molar-refractivity contribution in [1.82, 2.24) is 15.2 Å². The van der Waals surface area contributed by atoms with Gasteiger partial charge in [-0.2, -0.15) is 0 Å². The Morgan fingerprint density at radius 2 is 1.77 bits per heavy atom. The number of nitrogens with zero attached hydrogens (tertiary/aromatic N) is 3. The second-order valence-electron chi connectivity index (χ2n) is 7.07. The van der Waals surface area contributed by atoms with E-state index in [0.29, 0.717) is 16.7 Å². The number of carbonyl (C=O) groups is 2. The van der Waals surface area contributed by atoms with Crippen molar-refractivity contribution in [1.29, 1.82) is 0 Å². The second-order valence-corrected chi connectivity index (χ2v) is 7.07. The topological polar surface area (TPSA) is 130 Å². The van der Waals surface area contributed by atoms with E-state index >= 15 is 0 Å². The molecule has 0 radical (unpaired) electrons. The number of amides is 1. The third-order valence-electron chi connectivity index (χ3n) is 4.69. The van der Waals surface area contributed by atoms with Crippen LogP contribution in [0.25, 0.3) is 22.2 Å². The normalized spacial score (nSPS) is 10.8. The quantitative estimate of drug-likeness (QED) is 0.438. The standard InChI is InChI=1S/C22H19N5O4/c1-11-5-4-6-12(2)19(11)14-9-15(23-13(3)28)20-16(10-14)26-27-22(25-20)24-18-8-7-17(31-18)21(29)30/h4-10H,1-3H3,(H,23,28)(H,29,30)(H,24,25,27). The number of carboxylic acid groups (broad SMARTS) is 1. The van der Waals surface area contributed by atoms with Gasteiger partial charge in [-0.25, -0.2) is 9.78 Å². The van der Waals surface area contributed by atoms with Gasteiger partial charge in [-0.05, 0) is 54.3 Å². The largest absolute Gasteiger partial charge is 0.475 e. The zero-order valence-corrected chi connectivity index (χ0v) is 17.1. The molecular weight excluding hydrogens is 398 g/mol. The molecule has 0 fully saturated rings. The number of hydrogen-bond donors (Lipinski definition) is 3. The van der Waals surface area contributed by atoms with Gasteiger partial charge >= 0.3 is 5.97 Å².